The number of anilines is 1. The van der Waals surface area contributed by atoms with E-state index in [2.05, 4.69) is 19.9 Å². The van der Waals surface area contributed by atoms with Crippen LogP contribution in [-0.2, 0) is 9.53 Å². The summed E-state index contributed by atoms with van der Waals surface area (Å²) < 4.78 is 43.2. The molecule has 3 aromatic rings. The fourth-order valence-electron chi connectivity index (χ4n) is 3.77. The van der Waals surface area contributed by atoms with Crippen molar-refractivity contribution in [1.82, 2.24) is 30.2 Å². The van der Waals surface area contributed by atoms with Crippen LogP contribution in [0.2, 0.25) is 5.02 Å². The standard InChI is InChI=1S/C21H21ClF3N7O3.2H2/c1-2-35-20(34)31-5-6-32(15(10-31)19(33)29-11-21(23,24)25)16-3-4-26-18(30-16)14-9-28-17-13(14)7-12(22)8-27-17;;/h3-4,7-9,15H,2,5-6,10-11H2,1H3,(H,27,28)(H,29,33);2*1H/t15-;;/m0../s1. The lowest BCUT2D eigenvalue weighted by atomic mass is 10.1. The number of ether oxygens (including phenoxy) is 1. The Bertz CT molecular complexity index is 1250. The van der Waals surface area contributed by atoms with Gasteiger partial charge >= 0.3 is 12.3 Å². The number of carbonyl (C=O) groups is 2. The number of nitrogens with one attached hydrogen (secondary N) is 2. The molecule has 1 aliphatic rings. The van der Waals surface area contributed by atoms with Crippen LogP contribution in [0.5, 0.6) is 0 Å². The number of aromatic amines is 1. The third-order valence-electron chi connectivity index (χ3n) is 5.35. The van der Waals surface area contributed by atoms with Crippen molar-refractivity contribution in [2.75, 3.05) is 37.7 Å². The second-order valence-electron chi connectivity index (χ2n) is 7.68. The summed E-state index contributed by atoms with van der Waals surface area (Å²) in [4.78, 5) is 43.9. The van der Waals surface area contributed by atoms with Gasteiger partial charge < -0.3 is 24.8 Å². The van der Waals surface area contributed by atoms with Crippen LogP contribution in [0.15, 0.2) is 30.7 Å². The van der Waals surface area contributed by atoms with E-state index in [0.29, 0.717) is 33.3 Å². The number of hydrogen-bond donors (Lipinski definition) is 2. The molecule has 190 valence electrons. The minimum atomic E-state index is -4.58. The molecule has 3 aromatic heterocycles. The van der Waals surface area contributed by atoms with E-state index in [4.69, 9.17) is 16.3 Å². The lowest BCUT2D eigenvalue weighted by molar-refractivity contribution is -0.139. The fraction of sp³-hybridized carbons (Fsp3) is 0.381. The molecule has 4 heterocycles. The molecule has 1 atom stereocenters. The van der Waals surface area contributed by atoms with Crippen molar-refractivity contribution in [3.8, 4) is 11.4 Å². The van der Waals surface area contributed by atoms with Crippen LogP contribution in [0.1, 0.15) is 9.78 Å². The topological polar surface area (TPSA) is 116 Å². The number of H-pyrrole nitrogens is 1. The molecule has 1 saturated heterocycles. The Labute approximate surface area is 205 Å². The first-order chi connectivity index (χ1) is 16.7. The van der Waals surface area contributed by atoms with Gasteiger partial charge in [0.25, 0.3) is 0 Å². The van der Waals surface area contributed by atoms with Gasteiger partial charge in [-0.05, 0) is 19.1 Å². The molecule has 2 amide bonds. The van der Waals surface area contributed by atoms with Crippen molar-refractivity contribution in [2.45, 2.75) is 19.1 Å². The number of nitrogens with zero attached hydrogens (tertiary/aromatic N) is 5. The van der Waals surface area contributed by atoms with E-state index in [0.717, 1.165) is 0 Å². The number of aromatic nitrogens is 4. The van der Waals surface area contributed by atoms with Crippen LogP contribution in [0.3, 0.4) is 0 Å². The molecule has 0 aliphatic carbocycles. The summed E-state index contributed by atoms with van der Waals surface area (Å²) in [5.74, 6) is -0.269. The summed E-state index contributed by atoms with van der Waals surface area (Å²) in [5.41, 5.74) is 1.19. The molecule has 14 heteroatoms. The summed E-state index contributed by atoms with van der Waals surface area (Å²) in [6, 6.07) is 2.13. The Morgan fingerprint density at radius 3 is 2.89 bits per heavy atom. The number of alkyl halides is 3. The number of pyridine rings is 1. The number of fused-ring (bicyclic) bond motifs is 1. The second kappa shape index (κ2) is 9.94. The summed E-state index contributed by atoms with van der Waals surface area (Å²) >= 11 is 6.07. The molecule has 0 radical (unpaired) electrons. The zero-order valence-corrected chi connectivity index (χ0v) is 19.2. The largest absolute Gasteiger partial charge is 0.450 e. The van der Waals surface area contributed by atoms with E-state index in [1.807, 2.05) is 5.32 Å². The highest BCUT2D eigenvalue weighted by atomic mass is 35.5. The molecule has 1 aliphatic heterocycles. The van der Waals surface area contributed by atoms with Crippen LogP contribution in [-0.4, -0.2) is 81.8 Å². The maximum absolute atomic E-state index is 12.8. The van der Waals surface area contributed by atoms with Crippen LogP contribution in [0, 0.1) is 0 Å². The number of amides is 2. The minimum Gasteiger partial charge on any atom is -0.450 e. The Morgan fingerprint density at radius 2 is 2.14 bits per heavy atom. The zero-order chi connectivity index (χ0) is 25.2. The van der Waals surface area contributed by atoms with E-state index >= 15 is 0 Å². The van der Waals surface area contributed by atoms with Crippen molar-refractivity contribution in [2.24, 2.45) is 0 Å². The van der Waals surface area contributed by atoms with Crippen LogP contribution in [0.4, 0.5) is 23.8 Å². The van der Waals surface area contributed by atoms with Crippen LogP contribution in [0.25, 0.3) is 22.4 Å². The third-order valence-corrected chi connectivity index (χ3v) is 5.55. The predicted molar refractivity (Wildman–Crippen MR) is 125 cm³/mol. The van der Waals surface area contributed by atoms with Crippen molar-refractivity contribution in [3.63, 3.8) is 0 Å². The molecule has 0 saturated carbocycles. The quantitative estimate of drug-likeness (QED) is 0.534. The first-order valence-electron chi connectivity index (χ1n) is 10.6. The van der Waals surface area contributed by atoms with Crippen molar-refractivity contribution < 1.29 is 30.4 Å². The second-order valence-corrected chi connectivity index (χ2v) is 8.11. The molecular weight excluding hydrogens is 491 g/mol. The molecule has 0 unspecified atom stereocenters. The van der Waals surface area contributed by atoms with Gasteiger partial charge in [0.1, 0.15) is 24.1 Å². The van der Waals surface area contributed by atoms with Crippen molar-refractivity contribution >= 4 is 40.5 Å². The van der Waals surface area contributed by atoms with E-state index < -0.39 is 30.8 Å². The van der Waals surface area contributed by atoms with E-state index in [-0.39, 0.29) is 29.1 Å². The van der Waals surface area contributed by atoms with Gasteiger partial charge in [-0.15, -0.1) is 0 Å². The van der Waals surface area contributed by atoms with Gasteiger partial charge in [-0.2, -0.15) is 13.2 Å². The van der Waals surface area contributed by atoms with Gasteiger partial charge in [-0.1, -0.05) is 11.6 Å². The monoisotopic (exact) mass is 515 g/mol. The molecule has 0 aromatic carbocycles. The molecule has 4 rings (SSSR count). The number of halogens is 4. The highest BCUT2D eigenvalue weighted by Gasteiger charge is 2.37. The van der Waals surface area contributed by atoms with Gasteiger partial charge in [-0.25, -0.2) is 19.7 Å². The van der Waals surface area contributed by atoms with Gasteiger partial charge in [0.15, 0.2) is 5.82 Å². The number of carbonyl (C=O) groups excluding carboxylic acids is 2. The normalized spacial score (nSPS) is 16.4. The lowest BCUT2D eigenvalue weighted by Crippen LogP contribution is -2.61. The molecule has 35 heavy (non-hydrogen) atoms. The molecule has 0 bridgehead atoms. The molecular formula is C21H25ClF3N7O3. The molecule has 10 nitrogen and oxygen atoms in total. The summed E-state index contributed by atoms with van der Waals surface area (Å²) in [6.07, 6.45) is -0.583. The molecule has 1 fully saturated rings. The minimum absolute atomic E-state index is 0. The Balaban J connectivity index is 0.00000241. The zero-order valence-electron chi connectivity index (χ0n) is 18.5. The number of hydrogen-bond acceptors (Lipinski definition) is 7. The van der Waals surface area contributed by atoms with Crippen molar-refractivity contribution in [1.29, 1.82) is 0 Å². The Hall–Kier alpha value is -3.61. The fourth-order valence-corrected chi connectivity index (χ4v) is 3.93. The Morgan fingerprint density at radius 1 is 1.34 bits per heavy atom. The van der Waals surface area contributed by atoms with E-state index in [9.17, 15) is 22.8 Å². The van der Waals surface area contributed by atoms with Crippen molar-refractivity contribution in [3.05, 3.63) is 35.7 Å². The Kier molecular flexibility index (Phi) is 6.96. The van der Waals surface area contributed by atoms with Gasteiger partial charge in [0, 0.05) is 45.5 Å². The van der Waals surface area contributed by atoms with Crippen LogP contribution >= 0.6 is 11.6 Å². The van der Waals surface area contributed by atoms with Gasteiger partial charge in [0.2, 0.25) is 5.91 Å². The van der Waals surface area contributed by atoms with Gasteiger partial charge in [-0.3, -0.25) is 4.79 Å². The molecule has 2 N–H and O–H groups in total. The van der Waals surface area contributed by atoms with E-state index in [1.54, 1.807) is 30.2 Å². The average molecular weight is 516 g/mol. The highest BCUT2D eigenvalue weighted by Crippen LogP contribution is 2.29. The lowest BCUT2D eigenvalue weighted by Gasteiger charge is -2.40. The van der Waals surface area contributed by atoms with Gasteiger partial charge in [0.05, 0.1) is 18.2 Å². The van der Waals surface area contributed by atoms with E-state index in [1.165, 1.54) is 17.3 Å². The molecule has 0 spiro atoms. The smallest absolute Gasteiger partial charge is 0.409 e. The summed E-state index contributed by atoms with van der Waals surface area (Å²) in [6.45, 7) is 0.427. The predicted octanol–water partition coefficient (Wildman–Crippen LogP) is 3.49. The summed E-state index contributed by atoms with van der Waals surface area (Å²) in [5, 5.41) is 3.00. The first-order valence-corrected chi connectivity index (χ1v) is 11.0. The SMILES string of the molecule is CCOC(=O)N1CCN(c2ccnc(-c3c[nH]c4ncc(Cl)cc34)n2)[C@H](C(=O)NCC(F)(F)F)C1.[HH].[HH]. The summed E-state index contributed by atoms with van der Waals surface area (Å²) in [7, 11) is 0. The number of piperazine rings is 1. The maximum atomic E-state index is 12.8. The van der Waals surface area contributed by atoms with Crippen LogP contribution < -0.4 is 10.2 Å². The maximum Gasteiger partial charge on any atom is 0.409 e. The third kappa shape index (κ3) is 5.56. The average Bonchev–Trinajstić information content (AvgIpc) is 3.25. The number of rotatable bonds is 5. The highest BCUT2D eigenvalue weighted by molar-refractivity contribution is 6.31. The first kappa shape index (κ1) is 24.5.